The van der Waals surface area contributed by atoms with Gasteiger partial charge in [0.25, 0.3) is 0 Å². The van der Waals surface area contributed by atoms with E-state index in [9.17, 15) is 14.2 Å². The highest BCUT2D eigenvalue weighted by Gasteiger charge is 2.56. The molecule has 0 amide bonds. The summed E-state index contributed by atoms with van der Waals surface area (Å²) in [6.07, 6.45) is -1.99. The molecule has 1 aromatic carbocycles. The van der Waals surface area contributed by atoms with Crippen molar-refractivity contribution in [1.29, 1.82) is 0 Å². The number of nitrogens with two attached hydrogens (primary N) is 1. The second kappa shape index (κ2) is 11.1. The minimum atomic E-state index is -4.15. The molecule has 0 radical (unpaired) electrons. The van der Waals surface area contributed by atoms with Crippen molar-refractivity contribution in [3.63, 3.8) is 0 Å². The van der Waals surface area contributed by atoms with Gasteiger partial charge in [-0.15, -0.1) is 0 Å². The second-order valence-corrected chi connectivity index (χ2v) is 11.4. The number of para-hydroxylation sites is 1. The van der Waals surface area contributed by atoms with Crippen LogP contribution < -0.4 is 21.0 Å². The van der Waals surface area contributed by atoms with Crippen LogP contribution in [0, 0.1) is 0 Å². The molecule has 6 atom stereocenters. The summed E-state index contributed by atoms with van der Waals surface area (Å²) in [6, 6.07) is 8.84. The Morgan fingerprint density at radius 2 is 1.87 bits per heavy atom. The summed E-state index contributed by atoms with van der Waals surface area (Å²) in [5.41, 5.74) is 5.00. The Labute approximate surface area is 220 Å². The van der Waals surface area contributed by atoms with E-state index >= 15 is 0 Å². The number of fused-ring (bicyclic) bond motifs is 1. The Morgan fingerprint density at radius 1 is 1.18 bits per heavy atom. The van der Waals surface area contributed by atoms with Crippen molar-refractivity contribution in [2.75, 3.05) is 12.3 Å². The van der Waals surface area contributed by atoms with Crippen LogP contribution in [0.4, 0.5) is 5.82 Å². The Kier molecular flexibility index (Phi) is 8.26. The van der Waals surface area contributed by atoms with Crippen molar-refractivity contribution in [3.8, 4) is 5.75 Å². The van der Waals surface area contributed by atoms with E-state index in [1.54, 1.807) is 58.0 Å². The number of carbonyl (C=O) groups is 1. The molecule has 3 unspecified atom stereocenters. The molecule has 1 aromatic heterocycles. The molecule has 2 saturated heterocycles. The minimum absolute atomic E-state index is 0.0692. The molecule has 0 saturated carbocycles. The molecule has 3 N–H and O–H groups in total. The second-order valence-electron chi connectivity index (χ2n) is 9.71. The number of nitrogens with zero attached hydrogens (tertiary/aromatic N) is 2. The summed E-state index contributed by atoms with van der Waals surface area (Å²) in [5.74, 6) is -1.27. The predicted molar refractivity (Wildman–Crippen MR) is 135 cm³/mol. The van der Waals surface area contributed by atoms with Crippen LogP contribution in [0.5, 0.6) is 5.75 Å². The summed E-state index contributed by atoms with van der Waals surface area (Å²) >= 11 is 0. The van der Waals surface area contributed by atoms with Gasteiger partial charge in [-0.2, -0.15) is 10.1 Å². The highest BCUT2D eigenvalue weighted by Crippen LogP contribution is 2.48. The number of rotatable bonds is 10. The van der Waals surface area contributed by atoms with Crippen molar-refractivity contribution in [3.05, 3.63) is 53.1 Å². The third-order valence-corrected chi connectivity index (χ3v) is 7.33. The van der Waals surface area contributed by atoms with Crippen LogP contribution in [-0.2, 0) is 32.8 Å². The molecular formula is C24H33N4O9P. The van der Waals surface area contributed by atoms with Crippen LogP contribution >= 0.6 is 7.75 Å². The zero-order valence-electron chi connectivity index (χ0n) is 21.8. The molecule has 13 nitrogen and oxygen atoms in total. The Bertz CT molecular complexity index is 1240. The summed E-state index contributed by atoms with van der Waals surface area (Å²) in [4.78, 5) is 28.7. The summed E-state index contributed by atoms with van der Waals surface area (Å²) in [7, 11) is -4.15. The van der Waals surface area contributed by atoms with Gasteiger partial charge >= 0.3 is 19.4 Å². The van der Waals surface area contributed by atoms with Crippen molar-refractivity contribution < 1.29 is 37.4 Å². The van der Waals surface area contributed by atoms with Gasteiger partial charge in [0.05, 0.1) is 12.7 Å². The monoisotopic (exact) mass is 552 g/mol. The number of hydrogen-bond donors (Lipinski definition) is 2. The van der Waals surface area contributed by atoms with E-state index in [-0.39, 0.29) is 24.3 Å². The fourth-order valence-electron chi connectivity index (χ4n) is 4.14. The maximum atomic E-state index is 13.8. The summed E-state index contributed by atoms with van der Waals surface area (Å²) < 4.78 is 49.9. The molecule has 0 bridgehead atoms. The molecular weight excluding hydrogens is 519 g/mol. The van der Waals surface area contributed by atoms with Gasteiger partial charge in [0.2, 0.25) is 0 Å². The van der Waals surface area contributed by atoms with Crippen LogP contribution in [-0.4, -0.2) is 58.4 Å². The molecule has 208 valence electrons. The number of nitrogen functional groups attached to an aromatic ring is 1. The average molecular weight is 553 g/mol. The first kappa shape index (κ1) is 28.2. The van der Waals surface area contributed by atoms with Gasteiger partial charge in [-0.05, 0) is 52.8 Å². The summed E-state index contributed by atoms with van der Waals surface area (Å²) in [5, 5.41) is 2.63. The lowest BCUT2D eigenvalue weighted by Crippen LogP contribution is -2.38. The molecule has 0 spiro atoms. The normalized spacial score (nSPS) is 26.5. The maximum absolute atomic E-state index is 13.8. The Morgan fingerprint density at radius 3 is 2.53 bits per heavy atom. The number of esters is 1. The third-order valence-electron chi connectivity index (χ3n) is 5.69. The number of aromatic nitrogens is 2. The quantitative estimate of drug-likeness (QED) is 0.327. The van der Waals surface area contributed by atoms with Crippen LogP contribution in [0.2, 0.25) is 0 Å². The Hall–Kier alpha value is -2.80. The third kappa shape index (κ3) is 6.60. The van der Waals surface area contributed by atoms with Crippen LogP contribution in [0.3, 0.4) is 0 Å². The maximum Gasteiger partial charge on any atom is 0.459 e. The van der Waals surface area contributed by atoms with Gasteiger partial charge in [0.15, 0.2) is 12.0 Å². The van der Waals surface area contributed by atoms with E-state index in [2.05, 4.69) is 10.1 Å². The topological polar surface area (TPSA) is 162 Å². The average Bonchev–Trinajstić information content (AvgIpc) is 3.31. The first-order valence-electron chi connectivity index (χ1n) is 12.2. The number of nitrogens with one attached hydrogen (secondary N) is 1. The van der Waals surface area contributed by atoms with E-state index in [0.717, 1.165) is 0 Å². The molecule has 2 aliphatic rings. The van der Waals surface area contributed by atoms with E-state index in [4.69, 9.17) is 33.7 Å². The number of ether oxygens (including phenoxy) is 4. The fourth-order valence-corrected chi connectivity index (χ4v) is 5.64. The lowest BCUT2D eigenvalue weighted by Gasteiger charge is -2.27. The summed E-state index contributed by atoms with van der Waals surface area (Å²) in [6.45, 7) is 8.09. The van der Waals surface area contributed by atoms with E-state index in [1.807, 2.05) is 0 Å². The van der Waals surface area contributed by atoms with Crippen LogP contribution in [0.15, 0.2) is 47.4 Å². The molecule has 4 rings (SSSR count). The minimum Gasteiger partial charge on any atom is -0.462 e. The zero-order chi connectivity index (χ0) is 27.7. The van der Waals surface area contributed by atoms with Crippen molar-refractivity contribution in [1.82, 2.24) is 14.6 Å². The van der Waals surface area contributed by atoms with Crippen LogP contribution in [0.25, 0.3) is 0 Å². The fraction of sp³-hybridized carbons (Fsp3) is 0.542. The largest absolute Gasteiger partial charge is 0.462 e. The van der Waals surface area contributed by atoms with E-state index in [1.165, 1.54) is 23.8 Å². The Balaban J connectivity index is 1.55. The number of benzene rings is 1. The van der Waals surface area contributed by atoms with Gasteiger partial charge in [0, 0.05) is 6.20 Å². The lowest BCUT2D eigenvalue weighted by molar-refractivity contribution is -0.200. The van der Waals surface area contributed by atoms with E-state index in [0.29, 0.717) is 0 Å². The molecule has 0 aliphatic carbocycles. The predicted octanol–water partition coefficient (Wildman–Crippen LogP) is 2.38. The van der Waals surface area contributed by atoms with Gasteiger partial charge in [0.1, 0.15) is 35.9 Å². The lowest BCUT2D eigenvalue weighted by atomic mass is 10.1. The van der Waals surface area contributed by atoms with E-state index < -0.39 is 55.8 Å². The molecule has 38 heavy (non-hydrogen) atoms. The number of hydrogen-bond acceptors (Lipinski definition) is 11. The van der Waals surface area contributed by atoms with Gasteiger partial charge in [-0.25, -0.2) is 9.36 Å². The molecule has 2 aliphatic heterocycles. The standard InChI is InChI=1S/C24H33N4O9P/c1-14(2)33-22(29)15(3)27-38(31,37-16-9-7-6-8-10-16)32-13-17-19-20(36-24(4,5)35-19)21(34-17)28-12-11-18(25)26-23(28)30/h6-12,14-15,17,19-21H,13H2,1-5H3,(H,27,31)(H2,25,26,30)/t15-,17+,19?,20?,21+,38?/m0/s1. The highest BCUT2D eigenvalue weighted by atomic mass is 31.2. The van der Waals surface area contributed by atoms with Gasteiger partial charge in [-0.3, -0.25) is 13.9 Å². The first-order valence-corrected chi connectivity index (χ1v) is 13.7. The van der Waals surface area contributed by atoms with Crippen molar-refractivity contribution in [2.24, 2.45) is 0 Å². The number of carbonyl (C=O) groups excluding carboxylic acids is 1. The molecule has 2 aromatic rings. The van der Waals surface area contributed by atoms with Crippen molar-refractivity contribution in [2.45, 2.75) is 77.1 Å². The molecule has 2 fully saturated rings. The number of anilines is 1. The zero-order valence-corrected chi connectivity index (χ0v) is 22.7. The first-order chi connectivity index (χ1) is 17.9. The van der Waals surface area contributed by atoms with Crippen molar-refractivity contribution >= 4 is 19.5 Å². The highest BCUT2D eigenvalue weighted by molar-refractivity contribution is 7.52. The smallest absolute Gasteiger partial charge is 0.459 e. The van der Waals surface area contributed by atoms with Gasteiger partial charge < -0.3 is 29.2 Å². The van der Waals surface area contributed by atoms with Gasteiger partial charge in [-0.1, -0.05) is 18.2 Å². The molecule has 14 heteroatoms. The SMILES string of the molecule is CC(C)OC(=O)[C@H](C)NP(=O)(OC[C@H]1O[C@@H](n2ccc(N)nc2=O)C2OC(C)(C)OC21)Oc1ccccc1. The molecule has 3 heterocycles. The van der Waals surface area contributed by atoms with Crippen LogP contribution in [0.1, 0.15) is 40.8 Å².